The summed E-state index contributed by atoms with van der Waals surface area (Å²) >= 11 is 0. The van der Waals surface area contributed by atoms with E-state index in [0.29, 0.717) is 18.1 Å². The molecule has 0 aliphatic carbocycles. The Kier molecular flexibility index (Phi) is 3.58. The Bertz CT molecular complexity index is 575. The predicted octanol–water partition coefficient (Wildman–Crippen LogP) is 1.00. The normalized spacial score (nSPS) is 33.4. The fourth-order valence-corrected chi connectivity index (χ4v) is 4.96. The van der Waals surface area contributed by atoms with Crippen LogP contribution in [-0.2, 0) is 15.3 Å². The molecule has 20 heavy (non-hydrogen) atoms. The molecular formula is C13H21N3O3S. The van der Waals surface area contributed by atoms with Crippen molar-refractivity contribution in [3.05, 3.63) is 11.7 Å². The molecule has 2 aliphatic rings. The summed E-state index contributed by atoms with van der Waals surface area (Å²) in [5.74, 6) is 1.54. The van der Waals surface area contributed by atoms with Gasteiger partial charge in [-0.25, -0.2) is 8.42 Å². The van der Waals surface area contributed by atoms with Crippen LogP contribution in [0.25, 0.3) is 0 Å². The molecule has 0 spiro atoms. The standard InChI is InChI=1S/C13H21N3O3S/c1-2-13(5-3-6-14-9-13)12-15-11(16-19-12)10-4-7-20(17,18)8-10/h10,14H,2-9H2,1H3. The topological polar surface area (TPSA) is 85.1 Å². The largest absolute Gasteiger partial charge is 0.339 e. The summed E-state index contributed by atoms with van der Waals surface area (Å²) in [5.41, 5.74) is -0.0824. The first kappa shape index (κ1) is 14.0. The minimum absolute atomic E-state index is 0.0824. The van der Waals surface area contributed by atoms with Crippen LogP contribution in [0, 0.1) is 0 Å². The maximum Gasteiger partial charge on any atom is 0.234 e. The first-order valence-corrected chi connectivity index (χ1v) is 9.12. The summed E-state index contributed by atoms with van der Waals surface area (Å²) in [6.07, 6.45) is 3.70. The molecule has 1 aromatic heterocycles. The van der Waals surface area contributed by atoms with Crippen molar-refractivity contribution < 1.29 is 12.9 Å². The smallest absolute Gasteiger partial charge is 0.234 e. The Labute approximate surface area is 119 Å². The second kappa shape index (κ2) is 5.11. The van der Waals surface area contributed by atoms with Gasteiger partial charge in [0.15, 0.2) is 15.7 Å². The van der Waals surface area contributed by atoms with E-state index in [1.165, 1.54) is 0 Å². The Morgan fingerprint density at radius 2 is 2.35 bits per heavy atom. The van der Waals surface area contributed by atoms with Gasteiger partial charge in [0.05, 0.1) is 16.9 Å². The molecule has 0 aromatic carbocycles. The van der Waals surface area contributed by atoms with Crippen molar-refractivity contribution in [1.29, 1.82) is 0 Å². The third kappa shape index (κ3) is 2.48. The van der Waals surface area contributed by atoms with Gasteiger partial charge in [-0.05, 0) is 32.2 Å². The molecule has 0 amide bonds. The van der Waals surface area contributed by atoms with Gasteiger partial charge in [-0.15, -0.1) is 0 Å². The van der Waals surface area contributed by atoms with Crippen LogP contribution in [0.2, 0.25) is 0 Å². The summed E-state index contributed by atoms with van der Waals surface area (Å²) in [6, 6.07) is 0. The first-order chi connectivity index (χ1) is 9.55. The molecule has 7 heteroatoms. The van der Waals surface area contributed by atoms with Gasteiger partial charge >= 0.3 is 0 Å². The highest BCUT2D eigenvalue weighted by Gasteiger charge is 2.39. The lowest BCUT2D eigenvalue weighted by Crippen LogP contribution is -2.43. The second-order valence-electron chi connectivity index (χ2n) is 5.97. The van der Waals surface area contributed by atoms with Crippen molar-refractivity contribution in [2.75, 3.05) is 24.6 Å². The van der Waals surface area contributed by atoms with E-state index in [2.05, 4.69) is 22.4 Å². The summed E-state index contributed by atoms with van der Waals surface area (Å²) in [7, 11) is -2.91. The van der Waals surface area contributed by atoms with E-state index >= 15 is 0 Å². The van der Waals surface area contributed by atoms with Gasteiger partial charge in [0, 0.05) is 12.5 Å². The summed E-state index contributed by atoms with van der Waals surface area (Å²) in [5, 5.41) is 7.45. The Hall–Kier alpha value is -0.950. The van der Waals surface area contributed by atoms with Crippen molar-refractivity contribution in [2.45, 2.75) is 43.9 Å². The van der Waals surface area contributed by atoms with Crippen LogP contribution in [0.5, 0.6) is 0 Å². The van der Waals surface area contributed by atoms with Crippen LogP contribution in [-0.4, -0.2) is 43.2 Å². The predicted molar refractivity (Wildman–Crippen MR) is 74.4 cm³/mol. The van der Waals surface area contributed by atoms with Gasteiger partial charge in [-0.1, -0.05) is 12.1 Å². The highest BCUT2D eigenvalue weighted by molar-refractivity contribution is 7.91. The molecule has 3 heterocycles. The Morgan fingerprint density at radius 1 is 1.50 bits per heavy atom. The fraction of sp³-hybridized carbons (Fsp3) is 0.846. The van der Waals surface area contributed by atoms with Gasteiger partial charge in [-0.2, -0.15) is 4.98 Å². The molecule has 112 valence electrons. The number of hydrogen-bond donors (Lipinski definition) is 1. The zero-order valence-electron chi connectivity index (χ0n) is 11.8. The molecule has 2 saturated heterocycles. The van der Waals surface area contributed by atoms with E-state index in [-0.39, 0.29) is 22.8 Å². The average molecular weight is 299 g/mol. The summed E-state index contributed by atoms with van der Waals surface area (Å²) < 4.78 is 28.6. The molecular weight excluding hydrogens is 278 g/mol. The van der Waals surface area contributed by atoms with Crippen molar-refractivity contribution in [3.8, 4) is 0 Å². The number of piperidine rings is 1. The van der Waals surface area contributed by atoms with Gasteiger partial charge in [0.25, 0.3) is 0 Å². The molecule has 0 radical (unpaired) electrons. The van der Waals surface area contributed by atoms with Gasteiger partial charge in [-0.3, -0.25) is 0 Å². The third-order valence-corrected chi connectivity index (χ3v) is 6.41. The summed E-state index contributed by atoms with van der Waals surface area (Å²) in [6.45, 7) is 4.02. The highest BCUT2D eigenvalue weighted by atomic mass is 32.2. The number of nitrogens with zero attached hydrogens (tertiary/aromatic N) is 2. The number of aromatic nitrogens is 2. The van der Waals surface area contributed by atoms with Crippen LogP contribution in [0.15, 0.2) is 4.52 Å². The zero-order chi connectivity index (χ0) is 14.2. The molecule has 2 atom stereocenters. The van der Waals surface area contributed by atoms with E-state index in [4.69, 9.17) is 4.52 Å². The van der Waals surface area contributed by atoms with Crippen LogP contribution < -0.4 is 5.32 Å². The average Bonchev–Trinajstić information content (AvgIpc) is 3.06. The molecule has 2 unspecified atom stereocenters. The third-order valence-electron chi connectivity index (χ3n) is 4.64. The lowest BCUT2D eigenvalue weighted by molar-refractivity contribution is 0.220. The minimum Gasteiger partial charge on any atom is -0.339 e. The Balaban J connectivity index is 1.83. The molecule has 0 saturated carbocycles. The SMILES string of the molecule is CCC1(c2nc(C3CCS(=O)(=O)C3)no2)CCCNC1. The number of rotatable bonds is 3. The van der Waals surface area contributed by atoms with Crippen LogP contribution >= 0.6 is 0 Å². The van der Waals surface area contributed by atoms with Crippen molar-refractivity contribution in [3.63, 3.8) is 0 Å². The maximum atomic E-state index is 11.5. The molecule has 2 aliphatic heterocycles. The van der Waals surface area contributed by atoms with E-state index < -0.39 is 9.84 Å². The van der Waals surface area contributed by atoms with E-state index in [9.17, 15) is 8.42 Å². The van der Waals surface area contributed by atoms with Gasteiger partial charge in [0.1, 0.15) is 0 Å². The molecule has 3 rings (SSSR count). The lowest BCUT2D eigenvalue weighted by Gasteiger charge is -2.33. The molecule has 2 fully saturated rings. The molecule has 6 nitrogen and oxygen atoms in total. The van der Waals surface area contributed by atoms with E-state index in [0.717, 1.165) is 32.4 Å². The summed E-state index contributed by atoms with van der Waals surface area (Å²) in [4.78, 5) is 4.54. The first-order valence-electron chi connectivity index (χ1n) is 7.30. The molecule has 0 bridgehead atoms. The number of sulfone groups is 1. The number of nitrogens with one attached hydrogen (secondary N) is 1. The quantitative estimate of drug-likeness (QED) is 0.896. The molecule has 1 aromatic rings. The van der Waals surface area contributed by atoms with Crippen LogP contribution in [0.3, 0.4) is 0 Å². The van der Waals surface area contributed by atoms with Crippen LogP contribution in [0.1, 0.15) is 50.2 Å². The van der Waals surface area contributed by atoms with Gasteiger partial charge in [0.2, 0.25) is 5.89 Å². The zero-order valence-corrected chi connectivity index (χ0v) is 12.6. The van der Waals surface area contributed by atoms with Crippen molar-refractivity contribution in [1.82, 2.24) is 15.5 Å². The van der Waals surface area contributed by atoms with Crippen molar-refractivity contribution >= 4 is 9.84 Å². The van der Waals surface area contributed by atoms with E-state index in [1.54, 1.807) is 0 Å². The lowest BCUT2D eigenvalue weighted by atomic mass is 9.78. The molecule has 1 N–H and O–H groups in total. The van der Waals surface area contributed by atoms with Crippen molar-refractivity contribution in [2.24, 2.45) is 0 Å². The maximum absolute atomic E-state index is 11.5. The fourth-order valence-electron chi connectivity index (χ4n) is 3.22. The van der Waals surface area contributed by atoms with Gasteiger partial charge < -0.3 is 9.84 Å². The van der Waals surface area contributed by atoms with Crippen LogP contribution in [0.4, 0.5) is 0 Å². The van der Waals surface area contributed by atoms with E-state index in [1.807, 2.05) is 0 Å². The second-order valence-corrected chi connectivity index (χ2v) is 8.20. The number of hydrogen-bond acceptors (Lipinski definition) is 6. The minimum atomic E-state index is -2.91. The monoisotopic (exact) mass is 299 g/mol. The highest BCUT2D eigenvalue weighted by Crippen LogP contribution is 2.35. The Morgan fingerprint density at radius 3 is 2.95 bits per heavy atom.